The third-order valence-electron chi connectivity index (χ3n) is 3.13. The molecule has 22 heavy (non-hydrogen) atoms. The van der Waals surface area contributed by atoms with Crippen molar-refractivity contribution in [1.29, 1.82) is 0 Å². The highest BCUT2D eigenvalue weighted by molar-refractivity contribution is 6.30. The molecular formula is C15H11ClN4O2. The molecule has 0 aliphatic carbocycles. The Kier molecular flexibility index (Phi) is 3.52. The molecule has 3 rings (SSSR count). The van der Waals surface area contributed by atoms with Crippen LogP contribution in [0.5, 0.6) is 0 Å². The van der Waals surface area contributed by atoms with E-state index in [1.165, 1.54) is 12.3 Å². The normalized spacial score (nSPS) is 10.6. The fourth-order valence-electron chi connectivity index (χ4n) is 2.13. The number of benzene rings is 1. The predicted molar refractivity (Wildman–Crippen MR) is 83.6 cm³/mol. The number of hydrogen-bond acceptors (Lipinski definition) is 4. The summed E-state index contributed by atoms with van der Waals surface area (Å²) in [6.45, 7) is 0. The number of nitrogens with two attached hydrogens (primary N) is 1. The second-order valence-corrected chi connectivity index (χ2v) is 5.02. The Bertz CT molecular complexity index is 843. The number of H-pyrrole nitrogens is 1. The molecular weight excluding hydrogens is 304 g/mol. The molecule has 0 aliphatic rings. The van der Waals surface area contributed by atoms with Crippen LogP contribution in [0.2, 0.25) is 5.02 Å². The van der Waals surface area contributed by atoms with Crippen LogP contribution in [0.4, 0.5) is 5.95 Å². The minimum atomic E-state index is -1.03. The van der Waals surface area contributed by atoms with Crippen molar-refractivity contribution in [2.24, 2.45) is 0 Å². The molecule has 110 valence electrons. The van der Waals surface area contributed by atoms with Crippen LogP contribution in [0.25, 0.3) is 22.6 Å². The average molecular weight is 315 g/mol. The number of nitrogens with one attached hydrogen (secondary N) is 1. The van der Waals surface area contributed by atoms with E-state index in [0.717, 1.165) is 5.56 Å². The number of nitrogen functional groups attached to an aromatic ring is 1. The zero-order valence-electron chi connectivity index (χ0n) is 11.2. The Morgan fingerprint density at radius 1 is 1.23 bits per heavy atom. The quantitative estimate of drug-likeness (QED) is 0.689. The molecule has 1 aromatic carbocycles. The largest absolute Gasteiger partial charge is 0.478 e. The van der Waals surface area contributed by atoms with Gasteiger partial charge in [-0.2, -0.15) is 0 Å². The molecule has 2 aromatic heterocycles. The summed E-state index contributed by atoms with van der Waals surface area (Å²) in [7, 11) is 0. The van der Waals surface area contributed by atoms with Crippen molar-refractivity contribution in [1.82, 2.24) is 15.0 Å². The third-order valence-corrected chi connectivity index (χ3v) is 3.38. The van der Waals surface area contributed by atoms with Crippen molar-refractivity contribution in [3.05, 3.63) is 53.2 Å². The Morgan fingerprint density at radius 3 is 2.59 bits per heavy atom. The smallest absolute Gasteiger partial charge is 0.337 e. The van der Waals surface area contributed by atoms with Crippen molar-refractivity contribution in [2.75, 3.05) is 5.73 Å². The topological polar surface area (TPSA) is 105 Å². The van der Waals surface area contributed by atoms with Crippen LogP contribution < -0.4 is 5.73 Å². The molecule has 6 nitrogen and oxygen atoms in total. The third kappa shape index (κ3) is 2.64. The number of nitrogens with zero attached hydrogens (tertiary/aromatic N) is 2. The number of aromatic amines is 1. The summed E-state index contributed by atoms with van der Waals surface area (Å²) >= 11 is 5.86. The maximum atomic E-state index is 11.5. The summed E-state index contributed by atoms with van der Waals surface area (Å²) in [6, 6.07) is 10.1. The zero-order chi connectivity index (χ0) is 15.7. The average Bonchev–Trinajstić information content (AvgIpc) is 2.93. The monoisotopic (exact) mass is 314 g/mol. The van der Waals surface area contributed by atoms with E-state index in [2.05, 4.69) is 15.0 Å². The van der Waals surface area contributed by atoms with E-state index in [0.29, 0.717) is 22.1 Å². The van der Waals surface area contributed by atoms with Gasteiger partial charge in [0.1, 0.15) is 0 Å². The van der Waals surface area contributed by atoms with Gasteiger partial charge in [-0.1, -0.05) is 23.7 Å². The predicted octanol–water partition coefficient (Wildman–Crippen LogP) is 3.07. The number of hydrogen-bond donors (Lipinski definition) is 3. The molecule has 0 radical (unpaired) electrons. The lowest BCUT2D eigenvalue weighted by Gasteiger charge is -2.01. The highest BCUT2D eigenvalue weighted by Gasteiger charge is 2.17. The van der Waals surface area contributed by atoms with E-state index < -0.39 is 5.97 Å². The van der Waals surface area contributed by atoms with Gasteiger partial charge in [-0.05, 0) is 29.8 Å². The highest BCUT2D eigenvalue weighted by Crippen LogP contribution is 2.29. The molecule has 0 atom stereocenters. The molecule has 0 fully saturated rings. The van der Waals surface area contributed by atoms with Crippen LogP contribution in [-0.2, 0) is 0 Å². The summed E-state index contributed by atoms with van der Waals surface area (Å²) in [5.74, 6) is -0.911. The fraction of sp³-hybridized carbons (Fsp3) is 0. The Balaban J connectivity index is 2.14. The lowest BCUT2D eigenvalue weighted by molar-refractivity contribution is 0.0698. The summed E-state index contributed by atoms with van der Waals surface area (Å²) < 4.78 is 0. The Labute approximate surface area is 130 Å². The van der Waals surface area contributed by atoms with Gasteiger partial charge in [-0.15, -0.1) is 0 Å². The molecule has 3 aromatic rings. The molecule has 0 saturated carbocycles. The van der Waals surface area contributed by atoms with Gasteiger partial charge in [0.2, 0.25) is 5.95 Å². The molecule has 0 amide bonds. The maximum Gasteiger partial charge on any atom is 0.337 e. The molecule has 0 aliphatic heterocycles. The standard InChI is InChI=1S/C15H11ClN4O2/c16-9-3-1-8(2-4-9)13-10(14(21)22)7-12(19-13)11-5-6-18-15(17)20-11/h1-7,19H,(H,21,22)(H2,17,18,20). The summed E-state index contributed by atoms with van der Waals surface area (Å²) in [4.78, 5) is 22.4. The number of rotatable bonds is 3. The Morgan fingerprint density at radius 2 is 1.95 bits per heavy atom. The SMILES string of the molecule is Nc1nccc(-c2cc(C(=O)O)c(-c3ccc(Cl)cc3)[nH]2)n1. The van der Waals surface area contributed by atoms with Crippen molar-refractivity contribution in [3.8, 4) is 22.6 Å². The number of carboxylic acid groups (broad SMARTS) is 1. The molecule has 7 heteroatoms. The molecule has 0 unspecified atom stereocenters. The van der Waals surface area contributed by atoms with Gasteiger partial charge < -0.3 is 15.8 Å². The van der Waals surface area contributed by atoms with E-state index in [-0.39, 0.29) is 11.5 Å². The van der Waals surface area contributed by atoms with Gasteiger partial charge in [0, 0.05) is 11.2 Å². The first-order valence-corrected chi connectivity index (χ1v) is 6.73. The van der Waals surface area contributed by atoms with Gasteiger partial charge in [0.15, 0.2) is 0 Å². The molecule has 4 N–H and O–H groups in total. The van der Waals surface area contributed by atoms with E-state index in [1.54, 1.807) is 30.3 Å². The van der Waals surface area contributed by atoms with Crippen molar-refractivity contribution in [3.63, 3.8) is 0 Å². The second kappa shape index (κ2) is 5.50. The van der Waals surface area contributed by atoms with Crippen LogP contribution in [0.1, 0.15) is 10.4 Å². The van der Waals surface area contributed by atoms with Gasteiger partial charge in [0.05, 0.1) is 22.6 Å². The van der Waals surface area contributed by atoms with Crippen molar-refractivity contribution in [2.45, 2.75) is 0 Å². The van der Waals surface area contributed by atoms with E-state index in [1.807, 2.05) is 0 Å². The minimum Gasteiger partial charge on any atom is -0.478 e. The lowest BCUT2D eigenvalue weighted by Crippen LogP contribution is -1.96. The molecule has 0 bridgehead atoms. The number of carboxylic acids is 1. The van der Waals surface area contributed by atoms with E-state index in [4.69, 9.17) is 17.3 Å². The molecule has 2 heterocycles. The first kappa shape index (κ1) is 14.1. The van der Waals surface area contributed by atoms with E-state index >= 15 is 0 Å². The highest BCUT2D eigenvalue weighted by atomic mass is 35.5. The zero-order valence-corrected chi connectivity index (χ0v) is 12.0. The molecule has 0 saturated heterocycles. The van der Waals surface area contributed by atoms with Gasteiger partial charge >= 0.3 is 5.97 Å². The Hall–Kier alpha value is -2.86. The first-order chi connectivity index (χ1) is 10.5. The molecule has 0 spiro atoms. The van der Waals surface area contributed by atoms with Gasteiger partial charge in [0.25, 0.3) is 0 Å². The first-order valence-electron chi connectivity index (χ1n) is 6.36. The second-order valence-electron chi connectivity index (χ2n) is 4.58. The van der Waals surface area contributed by atoms with E-state index in [9.17, 15) is 9.90 Å². The van der Waals surface area contributed by atoms with Crippen LogP contribution >= 0.6 is 11.6 Å². The van der Waals surface area contributed by atoms with Crippen LogP contribution in [0, 0.1) is 0 Å². The number of halogens is 1. The summed E-state index contributed by atoms with van der Waals surface area (Å²) in [5.41, 5.74) is 7.98. The van der Waals surface area contributed by atoms with Crippen LogP contribution in [0.15, 0.2) is 42.6 Å². The van der Waals surface area contributed by atoms with Crippen LogP contribution in [0.3, 0.4) is 0 Å². The number of aromatic carboxylic acids is 1. The fourth-order valence-corrected chi connectivity index (χ4v) is 2.26. The van der Waals surface area contributed by atoms with Gasteiger partial charge in [-0.3, -0.25) is 0 Å². The lowest BCUT2D eigenvalue weighted by atomic mass is 10.1. The van der Waals surface area contributed by atoms with Crippen molar-refractivity contribution >= 4 is 23.5 Å². The summed E-state index contributed by atoms with van der Waals surface area (Å²) in [6.07, 6.45) is 1.51. The van der Waals surface area contributed by atoms with Crippen molar-refractivity contribution < 1.29 is 9.90 Å². The van der Waals surface area contributed by atoms with Crippen LogP contribution in [-0.4, -0.2) is 26.0 Å². The summed E-state index contributed by atoms with van der Waals surface area (Å²) in [5, 5.41) is 9.97. The number of aromatic nitrogens is 3. The maximum absolute atomic E-state index is 11.5. The number of anilines is 1. The number of carbonyl (C=O) groups is 1. The minimum absolute atomic E-state index is 0.122. The van der Waals surface area contributed by atoms with Gasteiger partial charge in [-0.25, -0.2) is 14.8 Å².